The molecule has 5 heteroatoms. The average Bonchev–Trinajstić information content (AvgIpc) is 2.50. The van der Waals surface area contributed by atoms with Crippen LogP contribution in [0.1, 0.15) is 12.0 Å². The van der Waals surface area contributed by atoms with Crippen LogP contribution in [0, 0.1) is 0 Å². The Labute approximate surface area is 89.7 Å². The average molecular weight is 226 g/mol. The van der Waals surface area contributed by atoms with Gasteiger partial charge < -0.3 is 5.73 Å². The zero-order chi connectivity index (χ0) is 10.9. The molecule has 1 fully saturated rings. The first-order valence-corrected chi connectivity index (χ1v) is 6.51. The van der Waals surface area contributed by atoms with Crippen LogP contribution in [0.2, 0.25) is 0 Å². The largest absolute Gasteiger partial charge is 0.399 e. The predicted molar refractivity (Wildman–Crippen MR) is 59.7 cm³/mol. The Morgan fingerprint density at radius 2 is 1.93 bits per heavy atom. The molecule has 1 heterocycles. The highest BCUT2D eigenvalue weighted by molar-refractivity contribution is 7.89. The van der Waals surface area contributed by atoms with E-state index >= 15 is 0 Å². The molecule has 1 aromatic carbocycles. The summed E-state index contributed by atoms with van der Waals surface area (Å²) in [6.07, 6.45) is 0.733. The zero-order valence-electron chi connectivity index (χ0n) is 8.39. The van der Waals surface area contributed by atoms with Gasteiger partial charge in [0.2, 0.25) is 10.0 Å². The minimum Gasteiger partial charge on any atom is -0.399 e. The lowest BCUT2D eigenvalue weighted by molar-refractivity contribution is 0.440. The van der Waals surface area contributed by atoms with E-state index in [-0.39, 0.29) is 5.75 Å². The quantitative estimate of drug-likeness (QED) is 0.759. The summed E-state index contributed by atoms with van der Waals surface area (Å²) in [6.45, 7) is 1.09. The molecule has 0 spiro atoms. The number of rotatable bonds is 2. The molecule has 2 rings (SSSR count). The molecule has 1 saturated heterocycles. The van der Waals surface area contributed by atoms with Gasteiger partial charge in [0.25, 0.3) is 0 Å². The fraction of sp³-hybridized carbons (Fsp3) is 0.400. The summed E-state index contributed by atoms with van der Waals surface area (Å²) in [5.41, 5.74) is 7.23. The number of hydrogen-bond donors (Lipinski definition) is 1. The van der Waals surface area contributed by atoms with E-state index in [4.69, 9.17) is 5.73 Å². The van der Waals surface area contributed by atoms with Gasteiger partial charge in [-0.2, -0.15) is 4.31 Å². The van der Waals surface area contributed by atoms with Crippen LogP contribution in [-0.2, 0) is 16.6 Å². The molecule has 0 radical (unpaired) electrons. The van der Waals surface area contributed by atoms with Crippen LogP contribution < -0.4 is 5.73 Å². The predicted octanol–water partition coefficient (Wildman–Crippen LogP) is 0.804. The topological polar surface area (TPSA) is 63.4 Å². The summed E-state index contributed by atoms with van der Waals surface area (Å²) in [6, 6.07) is 7.31. The van der Waals surface area contributed by atoms with Gasteiger partial charge in [-0.1, -0.05) is 12.1 Å². The highest BCUT2D eigenvalue weighted by Crippen LogP contribution is 2.17. The SMILES string of the molecule is Nc1ccc(CN2CCCS2(=O)=O)cc1. The summed E-state index contributed by atoms with van der Waals surface area (Å²) in [7, 11) is -2.99. The van der Waals surface area contributed by atoms with Gasteiger partial charge in [-0.05, 0) is 24.1 Å². The van der Waals surface area contributed by atoms with E-state index in [0.29, 0.717) is 18.8 Å². The molecule has 1 aromatic rings. The van der Waals surface area contributed by atoms with Crippen molar-refractivity contribution >= 4 is 15.7 Å². The van der Waals surface area contributed by atoms with Gasteiger partial charge in [0.1, 0.15) is 0 Å². The monoisotopic (exact) mass is 226 g/mol. The fourth-order valence-corrected chi connectivity index (χ4v) is 3.20. The van der Waals surface area contributed by atoms with Gasteiger partial charge in [-0.3, -0.25) is 0 Å². The molecule has 1 aliphatic rings. The van der Waals surface area contributed by atoms with Crippen LogP contribution in [0.4, 0.5) is 5.69 Å². The third-order valence-electron chi connectivity index (χ3n) is 2.54. The highest BCUT2D eigenvalue weighted by Gasteiger charge is 2.27. The maximum Gasteiger partial charge on any atom is 0.214 e. The van der Waals surface area contributed by atoms with Crippen LogP contribution >= 0.6 is 0 Å². The van der Waals surface area contributed by atoms with Crippen molar-refractivity contribution < 1.29 is 8.42 Å². The second-order valence-electron chi connectivity index (χ2n) is 3.74. The van der Waals surface area contributed by atoms with Crippen LogP contribution in [0.5, 0.6) is 0 Å². The second-order valence-corrected chi connectivity index (χ2v) is 5.83. The Hall–Kier alpha value is -1.07. The Balaban J connectivity index is 2.12. The lowest BCUT2D eigenvalue weighted by atomic mass is 10.2. The zero-order valence-corrected chi connectivity index (χ0v) is 9.20. The minimum absolute atomic E-state index is 0.280. The molecule has 4 nitrogen and oxygen atoms in total. The Kier molecular flexibility index (Phi) is 2.67. The summed E-state index contributed by atoms with van der Waals surface area (Å²) in [4.78, 5) is 0. The molecule has 0 unspecified atom stereocenters. The standard InChI is InChI=1S/C10H14N2O2S/c11-10-4-2-9(3-5-10)8-12-6-1-7-15(12,13)14/h2-5H,1,6-8,11H2. The molecule has 82 valence electrons. The number of nitrogen functional groups attached to an aromatic ring is 1. The van der Waals surface area contributed by atoms with Crippen molar-refractivity contribution in [2.24, 2.45) is 0 Å². The van der Waals surface area contributed by atoms with Crippen molar-refractivity contribution in [1.29, 1.82) is 0 Å². The van der Waals surface area contributed by atoms with Gasteiger partial charge in [0.05, 0.1) is 5.75 Å². The Morgan fingerprint density at radius 1 is 1.27 bits per heavy atom. The molecule has 0 bridgehead atoms. The lowest BCUT2D eigenvalue weighted by Gasteiger charge is -2.13. The Bertz CT molecular complexity index is 439. The first kappa shape index (κ1) is 10.4. The number of nitrogens with zero attached hydrogens (tertiary/aromatic N) is 1. The van der Waals surface area contributed by atoms with Gasteiger partial charge in [0, 0.05) is 18.8 Å². The smallest absolute Gasteiger partial charge is 0.214 e. The number of anilines is 1. The van der Waals surface area contributed by atoms with Crippen LogP contribution in [0.15, 0.2) is 24.3 Å². The first-order valence-electron chi connectivity index (χ1n) is 4.90. The van der Waals surface area contributed by atoms with Crippen molar-refractivity contribution in [2.75, 3.05) is 18.0 Å². The summed E-state index contributed by atoms with van der Waals surface area (Å²) < 4.78 is 24.6. The van der Waals surface area contributed by atoms with Gasteiger partial charge in [-0.15, -0.1) is 0 Å². The summed E-state index contributed by atoms with van der Waals surface area (Å²) in [5.74, 6) is 0.280. The molecule has 0 atom stereocenters. The number of sulfonamides is 1. The van der Waals surface area contributed by atoms with Crippen molar-refractivity contribution in [2.45, 2.75) is 13.0 Å². The van der Waals surface area contributed by atoms with Gasteiger partial charge in [0.15, 0.2) is 0 Å². The molecule has 0 aliphatic carbocycles. The van der Waals surface area contributed by atoms with E-state index in [1.807, 2.05) is 12.1 Å². The number of hydrogen-bond acceptors (Lipinski definition) is 3. The van der Waals surface area contributed by atoms with Crippen LogP contribution in [-0.4, -0.2) is 25.0 Å². The van der Waals surface area contributed by atoms with Crippen molar-refractivity contribution in [3.8, 4) is 0 Å². The van der Waals surface area contributed by atoms with E-state index < -0.39 is 10.0 Å². The highest BCUT2D eigenvalue weighted by atomic mass is 32.2. The van der Waals surface area contributed by atoms with Gasteiger partial charge >= 0.3 is 0 Å². The number of nitrogens with two attached hydrogens (primary N) is 1. The molecule has 15 heavy (non-hydrogen) atoms. The minimum atomic E-state index is -2.99. The number of benzene rings is 1. The van der Waals surface area contributed by atoms with E-state index in [0.717, 1.165) is 12.0 Å². The molecule has 1 aliphatic heterocycles. The molecular weight excluding hydrogens is 212 g/mol. The van der Waals surface area contributed by atoms with Crippen LogP contribution in [0.25, 0.3) is 0 Å². The molecule has 2 N–H and O–H groups in total. The van der Waals surface area contributed by atoms with Crippen LogP contribution in [0.3, 0.4) is 0 Å². The van der Waals surface area contributed by atoms with E-state index in [1.54, 1.807) is 12.1 Å². The summed E-state index contributed by atoms with van der Waals surface area (Å²) in [5, 5.41) is 0. The maximum atomic E-state index is 11.5. The normalized spacial score (nSPS) is 20.5. The summed E-state index contributed by atoms with van der Waals surface area (Å²) >= 11 is 0. The Morgan fingerprint density at radius 3 is 2.47 bits per heavy atom. The van der Waals surface area contributed by atoms with E-state index in [2.05, 4.69) is 0 Å². The third kappa shape index (κ3) is 2.30. The van der Waals surface area contributed by atoms with E-state index in [9.17, 15) is 8.42 Å². The fourth-order valence-electron chi connectivity index (χ4n) is 1.70. The first-order chi connectivity index (χ1) is 7.08. The van der Waals surface area contributed by atoms with Gasteiger partial charge in [-0.25, -0.2) is 8.42 Å². The lowest BCUT2D eigenvalue weighted by Crippen LogP contribution is -2.25. The van der Waals surface area contributed by atoms with E-state index in [1.165, 1.54) is 4.31 Å². The molecule has 0 amide bonds. The van der Waals surface area contributed by atoms with Crippen molar-refractivity contribution in [3.05, 3.63) is 29.8 Å². The van der Waals surface area contributed by atoms with Crippen molar-refractivity contribution in [3.63, 3.8) is 0 Å². The maximum absolute atomic E-state index is 11.5. The molecular formula is C10H14N2O2S. The second kappa shape index (κ2) is 3.83. The molecule has 0 aromatic heterocycles. The molecule has 0 saturated carbocycles. The van der Waals surface area contributed by atoms with Crippen molar-refractivity contribution in [1.82, 2.24) is 4.31 Å². The third-order valence-corrected chi connectivity index (χ3v) is 4.44.